The fourth-order valence-electron chi connectivity index (χ4n) is 3.04. The second-order valence-electron chi connectivity index (χ2n) is 7.10. The zero-order chi connectivity index (χ0) is 16.6. The van der Waals surface area contributed by atoms with Crippen molar-refractivity contribution in [1.82, 2.24) is 30.1 Å². The fourth-order valence-corrected chi connectivity index (χ4v) is 3.04. The Bertz CT molecular complexity index is 668. The minimum absolute atomic E-state index is 0.0695. The highest BCUT2D eigenvalue weighted by Gasteiger charge is 2.27. The van der Waals surface area contributed by atoms with Crippen molar-refractivity contribution in [2.24, 2.45) is 0 Å². The van der Waals surface area contributed by atoms with E-state index in [1.165, 1.54) is 0 Å². The maximum absolute atomic E-state index is 5.55. The van der Waals surface area contributed by atoms with E-state index in [0.29, 0.717) is 5.89 Å². The Morgan fingerprint density at radius 3 is 2.83 bits per heavy atom. The zero-order valence-electron chi connectivity index (χ0n) is 14.6. The normalized spacial score (nSPS) is 20.1. The number of piperazine rings is 1. The van der Waals surface area contributed by atoms with E-state index < -0.39 is 0 Å². The van der Waals surface area contributed by atoms with Gasteiger partial charge in [0.15, 0.2) is 5.82 Å². The largest absolute Gasteiger partial charge is 0.334 e. The lowest BCUT2D eigenvalue weighted by Gasteiger charge is -2.30. The van der Waals surface area contributed by atoms with Crippen molar-refractivity contribution in [3.8, 4) is 11.5 Å². The van der Waals surface area contributed by atoms with Crippen LogP contribution in [-0.4, -0.2) is 51.5 Å². The minimum atomic E-state index is -0.0695. The van der Waals surface area contributed by atoms with Gasteiger partial charge in [0.1, 0.15) is 0 Å². The molecule has 1 atom stereocenters. The standard InChI is InChI=1S/C16H26N6O/c1-6-12-11(9-18-22(12)16(2,3)4)15-19-14(20-23-15)13-10-17-7-8-21(13)5/h9,13,17H,6-8,10H2,1-5H3. The quantitative estimate of drug-likeness (QED) is 0.931. The highest BCUT2D eigenvalue weighted by atomic mass is 16.5. The van der Waals surface area contributed by atoms with Gasteiger partial charge in [0.05, 0.1) is 29.0 Å². The van der Waals surface area contributed by atoms with Crippen LogP contribution in [0.4, 0.5) is 0 Å². The van der Waals surface area contributed by atoms with Gasteiger partial charge in [-0.2, -0.15) is 10.1 Å². The number of hydrogen-bond acceptors (Lipinski definition) is 6. The summed E-state index contributed by atoms with van der Waals surface area (Å²) in [7, 11) is 2.09. The third-order valence-electron chi connectivity index (χ3n) is 4.32. The molecule has 7 nitrogen and oxygen atoms in total. The molecule has 126 valence electrons. The Morgan fingerprint density at radius 2 is 2.17 bits per heavy atom. The number of hydrogen-bond donors (Lipinski definition) is 1. The molecule has 1 N–H and O–H groups in total. The van der Waals surface area contributed by atoms with E-state index in [-0.39, 0.29) is 11.6 Å². The van der Waals surface area contributed by atoms with Crippen LogP contribution in [0.25, 0.3) is 11.5 Å². The van der Waals surface area contributed by atoms with Gasteiger partial charge in [-0.25, -0.2) is 0 Å². The predicted molar refractivity (Wildman–Crippen MR) is 88.1 cm³/mol. The lowest BCUT2D eigenvalue weighted by Crippen LogP contribution is -2.44. The Hall–Kier alpha value is -1.73. The molecule has 23 heavy (non-hydrogen) atoms. The second-order valence-corrected chi connectivity index (χ2v) is 7.10. The third kappa shape index (κ3) is 3.03. The Kier molecular flexibility index (Phi) is 4.25. The lowest BCUT2D eigenvalue weighted by molar-refractivity contribution is 0.190. The number of aromatic nitrogens is 4. The maximum Gasteiger partial charge on any atom is 0.261 e. The molecule has 1 unspecified atom stereocenters. The first kappa shape index (κ1) is 16.1. The molecule has 0 amide bonds. The smallest absolute Gasteiger partial charge is 0.261 e. The average Bonchev–Trinajstić information content (AvgIpc) is 3.13. The summed E-state index contributed by atoms with van der Waals surface area (Å²) >= 11 is 0. The second kappa shape index (κ2) is 6.05. The minimum Gasteiger partial charge on any atom is -0.334 e. The topological polar surface area (TPSA) is 72.0 Å². The highest BCUT2D eigenvalue weighted by molar-refractivity contribution is 5.55. The molecular weight excluding hydrogens is 292 g/mol. The van der Waals surface area contributed by atoms with Crippen LogP contribution in [0, 0.1) is 0 Å². The molecule has 3 rings (SSSR count). The van der Waals surface area contributed by atoms with Crippen LogP contribution in [0.5, 0.6) is 0 Å². The van der Waals surface area contributed by atoms with E-state index in [9.17, 15) is 0 Å². The lowest BCUT2D eigenvalue weighted by atomic mass is 10.1. The van der Waals surface area contributed by atoms with Crippen LogP contribution in [-0.2, 0) is 12.0 Å². The zero-order valence-corrected chi connectivity index (χ0v) is 14.6. The first-order chi connectivity index (χ1) is 10.9. The molecule has 0 spiro atoms. The molecule has 3 heterocycles. The van der Waals surface area contributed by atoms with E-state index >= 15 is 0 Å². The van der Waals surface area contributed by atoms with Gasteiger partial charge < -0.3 is 9.84 Å². The van der Waals surface area contributed by atoms with Crippen LogP contribution < -0.4 is 5.32 Å². The van der Waals surface area contributed by atoms with Crippen molar-refractivity contribution in [3.05, 3.63) is 17.7 Å². The Morgan fingerprint density at radius 1 is 1.39 bits per heavy atom. The highest BCUT2D eigenvalue weighted by Crippen LogP contribution is 2.28. The monoisotopic (exact) mass is 318 g/mol. The summed E-state index contributed by atoms with van der Waals surface area (Å²) in [5.41, 5.74) is 2.00. The van der Waals surface area contributed by atoms with Crippen molar-refractivity contribution in [2.45, 2.75) is 45.7 Å². The van der Waals surface area contributed by atoms with Gasteiger partial charge in [0.2, 0.25) is 0 Å². The van der Waals surface area contributed by atoms with Crippen molar-refractivity contribution in [3.63, 3.8) is 0 Å². The summed E-state index contributed by atoms with van der Waals surface area (Å²) in [4.78, 5) is 6.90. The van der Waals surface area contributed by atoms with Gasteiger partial charge >= 0.3 is 0 Å². The van der Waals surface area contributed by atoms with Gasteiger partial charge in [0, 0.05) is 19.6 Å². The van der Waals surface area contributed by atoms with Gasteiger partial charge in [0.25, 0.3) is 5.89 Å². The van der Waals surface area contributed by atoms with Crippen LogP contribution >= 0.6 is 0 Å². The third-order valence-corrected chi connectivity index (χ3v) is 4.32. The Balaban J connectivity index is 1.93. The van der Waals surface area contributed by atoms with E-state index in [4.69, 9.17) is 4.52 Å². The van der Waals surface area contributed by atoms with E-state index in [2.05, 4.69) is 60.2 Å². The molecule has 0 saturated carbocycles. The van der Waals surface area contributed by atoms with Crippen LogP contribution in [0.15, 0.2) is 10.7 Å². The SMILES string of the molecule is CCc1c(-c2nc(C3CNCCN3C)no2)cnn1C(C)(C)C. The van der Waals surface area contributed by atoms with Crippen molar-refractivity contribution >= 4 is 0 Å². The molecule has 2 aromatic rings. The molecule has 7 heteroatoms. The molecule has 1 saturated heterocycles. The summed E-state index contributed by atoms with van der Waals surface area (Å²) in [6.07, 6.45) is 2.71. The van der Waals surface area contributed by atoms with Crippen LogP contribution in [0.2, 0.25) is 0 Å². The predicted octanol–water partition coefficient (Wildman–Crippen LogP) is 1.83. The van der Waals surface area contributed by atoms with Gasteiger partial charge in [-0.05, 0) is 34.2 Å². The van der Waals surface area contributed by atoms with Crippen molar-refractivity contribution in [1.29, 1.82) is 0 Å². The molecule has 0 aromatic carbocycles. The molecule has 1 aliphatic heterocycles. The molecule has 0 bridgehead atoms. The average molecular weight is 318 g/mol. The molecule has 1 fully saturated rings. The summed E-state index contributed by atoms with van der Waals surface area (Å²) in [6, 6.07) is 0.156. The van der Waals surface area contributed by atoms with E-state index in [1.807, 2.05) is 10.9 Å². The van der Waals surface area contributed by atoms with Crippen LogP contribution in [0.1, 0.15) is 45.3 Å². The van der Waals surface area contributed by atoms with E-state index in [0.717, 1.165) is 43.1 Å². The number of likely N-dealkylation sites (N-methyl/N-ethyl adjacent to an activating group) is 1. The Labute approximate surface area is 137 Å². The van der Waals surface area contributed by atoms with Crippen molar-refractivity contribution < 1.29 is 4.52 Å². The fraction of sp³-hybridized carbons (Fsp3) is 0.688. The van der Waals surface area contributed by atoms with Gasteiger partial charge in [-0.1, -0.05) is 12.1 Å². The van der Waals surface area contributed by atoms with E-state index in [1.54, 1.807) is 0 Å². The number of rotatable bonds is 3. The first-order valence-electron chi connectivity index (χ1n) is 8.24. The number of nitrogens with one attached hydrogen (secondary N) is 1. The van der Waals surface area contributed by atoms with Gasteiger partial charge in [-0.15, -0.1) is 0 Å². The number of nitrogens with zero attached hydrogens (tertiary/aromatic N) is 5. The van der Waals surface area contributed by atoms with Crippen LogP contribution in [0.3, 0.4) is 0 Å². The first-order valence-corrected chi connectivity index (χ1v) is 8.24. The summed E-state index contributed by atoms with van der Waals surface area (Å²) in [5.74, 6) is 1.30. The van der Waals surface area contributed by atoms with Gasteiger partial charge in [-0.3, -0.25) is 9.58 Å². The molecule has 0 radical (unpaired) electrons. The molecular formula is C16H26N6O. The molecule has 0 aliphatic carbocycles. The van der Waals surface area contributed by atoms with Crippen molar-refractivity contribution in [2.75, 3.05) is 26.7 Å². The maximum atomic E-state index is 5.55. The molecule has 2 aromatic heterocycles. The summed E-state index contributed by atoms with van der Waals surface area (Å²) in [6.45, 7) is 11.4. The summed E-state index contributed by atoms with van der Waals surface area (Å²) in [5, 5.41) is 12.1. The molecule has 1 aliphatic rings. The summed E-state index contributed by atoms with van der Waals surface area (Å²) < 4.78 is 7.59.